The van der Waals surface area contributed by atoms with Gasteiger partial charge in [-0.2, -0.15) is 0 Å². The Hall–Kier alpha value is -1.26. The lowest BCUT2D eigenvalue weighted by atomic mass is 9.98. The van der Waals surface area contributed by atoms with E-state index in [9.17, 15) is 9.59 Å². The van der Waals surface area contributed by atoms with Crippen LogP contribution in [0.15, 0.2) is 0 Å². The third kappa shape index (κ3) is 7.23. The number of carbonyl (C=O) groups is 2. The molecule has 0 unspecified atom stereocenters. The molecule has 0 heterocycles. The molecule has 0 aromatic rings. The van der Waals surface area contributed by atoms with E-state index in [1.807, 2.05) is 6.92 Å². The van der Waals surface area contributed by atoms with Gasteiger partial charge in [0.05, 0.1) is 13.2 Å². The van der Waals surface area contributed by atoms with Crippen LogP contribution in [0.5, 0.6) is 0 Å². The molecular weight excluding hydrogens is 294 g/mol. The molecule has 1 aliphatic carbocycles. The predicted molar refractivity (Wildman–Crippen MR) is 90.3 cm³/mol. The summed E-state index contributed by atoms with van der Waals surface area (Å²) in [4.78, 5) is 24.2. The Labute approximate surface area is 140 Å². The lowest BCUT2D eigenvalue weighted by Gasteiger charge is -2.27. The molecule has 0 atom stereocenters. The first-order valence-corrected chi connectivity index (χ1v) is 9.27. The summed E-state index contributed by atoms with van der Waals surface area (Å²) >= 11 is 0. The number of ether oxygens (including phenoxy) is 2. The fourth-order valence-corrected chi connectivity index (χ4v) is 2.97. The molecule has 23 heavy (non-hydrogen) atoms. The molecule has 0 spiro atoms. The van der Waals surface area contributed by atoms with Gasteiger partial charge in [-0.25, -0.2) is 9.59 Å². The van der Waals surface area contributed by atoms with E-state index in [0.717, 1.165) is 32.1 Å². The summed E-state index contributed by atoms with van der Waals surface area (Å²) in [5, 5.41) is 2.76. The molecule has 5 heteroatoms. The van der Waals surface area contributed by atoms with E-state index < -0.39 is 11.6 Å². The second kappa shape index (κ2) is 11.3. The highest BCUT2D eigenvalue weighted by molar-refractivity contribution is 5.86. The smallest absolute Gasteiger partial charge is 0.408 e. The van der Waals surface area contributed by atoms with Gasteiger partial charge in [-0.1, -0.05) is 58.8 Å². The summed E-state index contributed by atoms with van der Waals surface area (Å²) in [5.74, 6) is -0.294. The van der Waals surface area contributed by atoms with E-state index in [4.69, 9.17) is 9.47 Å². The van der Waals surface area contributed by atoms with Gasteiger partial charge in [-0.05, 0) is 25.7 Å². The molecule has 5 nitrogen and oxygen atoms in total. The highest BCUT2D eigenvalue weighted by atomic mass is 16.6. The third-order valence-corrected chi connectivity index (χ3v) is 4.36. The summed E-state index contributed by atoms with van der Waals surface area (Å²) in [5.41, 5.74) is -0.868. The first-order chi connectivity index (χ1) is 11.1. The molecule has 1 rings (SSSR count). The van der Waals surface area contributed by atoms with Crippen molar-refractivity contribution in [3.63, 3.8) is 0 Å². The first-order valence-electron chi connectivity index (χ1n) is 9.27. The van der Waals surface area contributed by atoms with Crippen molar-refractivity contribution in [2.24, 2.45) is 0 Å². The molecule has 1 aliphatic rings. The Bertz CT molecular complexity index is 351. The lowest BCUT2D eigenvalue weighted by Crippen LogP contribution is -2.53. The van der Waals surface area contributed by atoms with Crippen molar-refractivity contribution >= 4 is 12.1 Å². The maximum Gasteiger partial charge on any atom is 0.408 e. The fourth-order valence-electron chi connectivity index (χ4n) is 2.97. The number of amides is 1. The van der Waals surface area contributed by atoms with E-state index in [1.54, 1.807) is 0 Å². The number of alkyl carbamates (subject to hydrolysis) is 1. The largest absolute Gasteiger partial charge is 0.464 e. The van der Waals surface area contributed by atoms with Crippen molar-refractivity contribution in [2.75, 3.05) is 13.2 Å². The zero-order valence-corrected chi connectivity index (χ0v) is 14.8. The molecule has 1 amide bonds. The van der Waals surface area contributed by atoms with Crippen LogP contribution in [0.2, 0.25) is 0 Å². The number of esters is 1. The van der Waals surface area contributed by atoms with E-state index in [0.29, 0.717) is 26.1 Å². The molecule has 0 bridgehead atoms. The zero-order chi connectivity index (χ0) is 17.0. The maximum absolute atomic E-state index is 12.4. The molecule has 0 aliphatic heterocycles. The molecule has 0 aromatic heterocycles. The van der Waals surface area contributed by atoms with Crippen molar-refractivity contribution in [2.45, 2.75) is 90.0 Å². The molecule has 1 fully saturated rings. The molecule has 0 radical (unpaired) electrons. The Morgan fingerprint density at radius 3 is 2.17 bits per heavy atom. The summed E-state index contributed by atoms with van der Waals surface area (Å²) in [7, 11) is 0. The average Bonchev–Trinajstić information content (AvgIpc) is 3.01. The van der Waals surface area contributed by atoms with Crippen molar-refractivity contribution in [3.8, 4) is 0 Å². The van der Waals surface area contributed by atoms with Crippen LogP contribution < -0.4 is 5.32 Å². The normalized spacial score (nSPS) is 16.1. The summed E-state index contributed by atoms with van der Waals surface area (Å²) in [6, 6.07) is 0. The van der Waals surface area contributed by atoms with Crippen LogP contribution >= 0.6 is 0 Å². The van der Waals surface area contributed by atoms with Crippen LogP contribution in [0, 0.1) is 0 Å². The van der Waals surface area contributed by atoms with E-state index in [2.05, 4.69) is 12.2 Å². The van der Waals surface area contributed by atoms with Crippen molar-refractivity contribution < 1.29 is 19.1 Å². The first kappa shape index (κ1) is 19.8. The topological polar surface area (TPSA) is 64.6 Å². The van der Waals surface area contributed by atoms with Crippen LogP contribution in [-0.2, 0) is 14.3 Å². The number of hydrogen-bond acceptors (Lipinski definition) is 4. The van der Waals surface area contributed by atoms with Crippen molar-refractivity contribution in [1.82, 2.24) is 5.32 Å². The number of carbonyl (C=O) groups excluding carboxylic acids is 2. The summed E-state index contributed by atoms with van der Waals surface area (Å²) in [6.45, 7) is 4.95. The minimum absolute atomic E-state index is 0.294. The number of nitrogens with one attached hydrogen (secondary N) is 1. The second-order valence-corrected chi connectivity index (χ2v) is 6.45. The number of hydrogen-bond donors (Lipinski definition) is 1. The van der Waals surface area contributed by atoms with Gasteiger partial charge in [0, 0.05) is 0 Å². The van der Waals surface area contributed by atoms with E-state index >= 15 is 0 Å². The quantitative estimate of drug-likeness (QED) is 0.453. The van der Waals surface area contributed by atoms with Crippen LogP contribution in [0.1, 0.15) is 84.5 Å². The Kier molecular flexibility index (Phi) is 9.72. The minimum atomic E-state index is -0.868. The molecule has 134 valence electrons. The molecule has 1 saturated carbocycles. The average molecular weight is 327 g/mol. The fraction of sp³-hybridized carbons (Fsp3) is 0.889. The van der Waals surface area contributed by atoms with Gasteiger partial charge >= 0.3 is 12.1 Å². The second-order valence-electron chi connectivity index (χ2n) is 6.45. The minimum Gasteiger partial charge on any atom is -0.464 e. The van der Waals surface area contributed by atoms with Crippen LogP contribution in [0.25, 0.3) is 0 Å². The van der Waals surface area contributed by atoms with Gasteiger partial charge in [0.1, 0.15) is 5.54 Å². The summed E-state index contributed by atoms with van der Waals surface area (Å²) < 4.78 is 10.5. The Balaban J connectivity index is 2.32. The monoisotopic (exact) mass is 327 g/mol. The van der Waals surface area contributed by atoms with Gasteiger partial charge in [0.15, 0.2) is 0 Å². The van der Waals surface area contributed by atoms with Gasteiger partial charge < -0.3 is 14.8 Å². The van der Waals surface area contributed by atoms with Crippen molar-refractivity contribution in [3.05, 3.63) is 0 Å². The van der Waals surface area contributed by atoms with Crippen LogP contribution in [-0.4, -0.2) is 30.8 Å². The van der Waals surface area contributed by atoms with Gasteiger partial charge in [0.2, 0.25) is 0 Å². The Morgan fingerprint density at radius 2 is 1.52 bits per heavy atom. The van der Waals surface area contributed by atoms with E-state index in [1.165, 1.54) is 25.7 Å². The van der Waals surface area contributed by atoms with Crippen LogP contribution in [0.3, 0.4) is 0 Å². The third-order valence-electron chi connectivity index (χ3n) is 4.36. The molecule has 0 saturated heterocycles. The highest BCUT2D eigenvalue weighted by Crippen LogP contribution is 2.31. The van der Waals surface area contributed by atoms with Gasteiger partial charge in [-0.3, -0.25) is 0 Å². The van der Waals surface area contributed by atoms with E-state index in [-0.39, 0.29) is 5.97 Å². The highest BCUT2D eigenvalue weighted by Gasteiger charge is 2.44. The van der Waals surface area contributed by atoms with Crippen LogP contribution in [0.4, 0.5) is 4.79 Å². The SMILES string of the molecule is CCCCCCCCOC(=O)C1(NC(=O)OCCC)CCCC1. The standard InChI is InChI=1S/C18H33NO4/c1-3-5-6-7-8-11-15-22-16(20)18(12-9-10-13-18)19-17(21)23-14-4-2/h3-15H2,1-2H3,(H,19,21). The maximum atomic E-state index is 12.4. The number of unbranched alkanes of at least 4 members (excludes halogenated alkanes) is 5. The zero-order valence-electron chi connectivity index (χ0n) is 14.8. The number of rotatable bonds is 11. The molecular formula is C18H33NO4. The predicted octanol–water partition coefficient (Wildman–Crippen LogP) is 4.34. The van der Waals surface area contributed by atoms with Gasteiger partial charge in [0.25, 0.3) is 0 Å². The lowest BCUT2D eigenvalue weighted by molar-refractivity contribution is -0.151. The Morgan fingerprint density at radius 1 is 0.870 bits per heavy atom. The summed E-state index contributed by atoms with van der Waals surface area (Å²) in [6.07, 6.45) is 10.3. The van der Waals surface area contributed by atoms with Gasteiger partial charge in [-0.15, -0.1) is 0 Å². The van der Waals surface area contributed by atoms with Crippen molar-refractivity contribution in [1.29, 1.82) is 0 Å². The molecule has 1 N–H and O–H groups in total. The molecule has 0 aromatic carbocycles.